The minimum absolute atomic E-state index is 0.190. The predicted molar refractivity (Wildman–Crippen MR) is 126 cm³/mol. The lowest BCUT2D eigenvalue weighted by Crippen LogP contribution is -2.42. The fraction of sp³-hybridized carbons (Fsp3) is 0.583. The zero-order valence-corrected chi connectivity index (χ0v) is 19.5. The Balaban J connectivity index is 1.22. The summed E-state index contributed by atoms with van der Waals surface area (Å²) < 4.78 is 2.51. The lowest BCUT2D eigenvalue weighted by atomic mass is 9.79. The van der Waals surface area contributed by atoms with E-state index in [-0.39, 0.29) is 11.8 Å². The Morgan fingerprint density at radius 3 is 2.47 bits per heavy atom. The fourth-order valence-electron chi connectivity index (χ4n) is 5.83. The highest BCUT2D eigenvalue weighted by Crippen LogP contribution is 2.65. The third-order valence-corrected chi connectivity index (χ3v) is 11.4. The zero-order chi connectivity index (χ0) is 20.7. The van der Waals surface area contributed by atoms with Gasteiger partial charge in [0, 0.05) is 35.2 Å². The molecule has 1 saturated heterocycles. The van der Waals surface area contributed by atoms with Gasteiger partial charge in [0.15, 0.2) is 0 Å². The normalized spacial score (nSPS) is 26.9. The van der Waals surface area contributed by atoms with E-state index in [1.54, 1.807) is 0 Å². The van der Waals surface area contributed by atoms with Crippen LogP contribution in [0.1, 0.15) is 48.2 Å². The maximum absolute atomic E-state index is 13.1. The Morgan fingerprint density at radius 1 is 1.13 bits per heavy atom. The number of rotatable bonds is 5. The Bertz CT molecular complexity index is 904. The first kappa shape index (κ1) is 20.5. The summed E-state index contributed by atoms with van der Waals surface area (Å²) in [5.74, 6) is 4.47. The molecule has 2 saturated carbocycles. The summed E-state index contributed by atoms with van der Waals surface area (Å²) in [7, 11) is 0. The number of thioether (sulfide) groups is 2. The summed E-state index contributed by atoms with van der Waals surface area (Å²) in [5.41, 5.74) is 4.58. The van der Waals surface area contributed by atoms with Crippen molar-refractivity contribution in [1.82, 2.24) is 15.1 Å². The average Bonchev–Trinajstić information content (AvgIpc) is 3.37. The number of carbonyl (C=O) groups excluding carboxylic acids is 1. The van der Waals surface area contributed by atoms with E-state index >= 15 is 0 Å². The summed E-state index contributed by atoms with van der Waals surface area (Å²) in [5, 5.41) is 8.01. The van der Waals surface area contributed by atoms with Crippen LogP contribution in [0.3, 0.4) is 0 Å². The summed E-state index contributed by atoms with van der Waals surface area (Å²) in [4.78, 5) is 13.1. The van der Waals surface area contributed by atoms with Gasteiger partial charge in [-0.2, -0.15) is 5.10 Å². The molecule has 1 spiro atoms. The van der Waals surface area contributed by atoms with E-state index in [0.717, 1.165) is 48.2 Å². The number of nitrogens with zero attached hydrogens (tertiary/aromatic N) is 2. The molecular formula is C24H31N3OS2. The Hall–Kier alpha value is -1.40. The molecule has 1 aromatic carbocycles. The van der Waals surface area contributed by atoms with Gasteiger partial charge in [-0.25, -0.2) is 0 Å². The summed E-state index contributed by atoms with van der Waals surface area (Å²) >= 11 is 4.39. The minimum atomic E-state index is 0.190. The molecule has 1 N–H and O–H groups in total. The topological polar surface area (TPSA) is 46.9 Å². The van der Waals surface area contributed by atoms with Crippen LogP contribution in [0, 0.1) is 31.6 Å². The van der Waals surface area contributed by atoms with E-state index in [9.17, 15) is 4.79 Å². The van der Waals surface area contributed by atoms with Crippen molar-refractivity contribution in [2.75, 3.05) is 11.5 Å². The molecule has 2 aromatic rings. The third kappa shape index (κ3) is 3.60. The molecule has 2 heterocycles. The number of aromatic nitrogens is 2. The van der Waals surface area contributed by atoms with Gasteiger partial charge >= 0.3 is 0 Å². The van der Waals surface area contributed by atoms with E-state index in [1.807, 2.05) is 6.07 Å². The van der Waals surface area contributed by atoms with Crippen LogP contribution in [0.25, 0.3) is 0 Å². The first-order chi connectivity index (χ1) is 14.6. The maximum Gasteiger partial charge on any atom is 0.223 e. The third-order valence-electron chi connectivity index (χ3n) is 7.40. The van der Waals surface area contributed by atoms with Gasteiger partial charge in [-0.1, -0.05) is 30.3 Å². The Labute approximate surface area is 188 Å². The SMILES string of the molecule is Cc1nn(Cc2ccccc2)c(C)c1CNC(=O)C1CC2CCC(C1)C21SCCS1. The summed E-state index contributed by atoms with van der Waals surface area (Å²) in [6.07, 6.45) is 4.79. The highest BCUT2D eigenvalue weighted by Gasteiger charge is 2.57. The lowest BCUT2D eigenvalue weighted by molar-refractivity contribution is -0.126. The second-order valence-electron chi connectivity index (χ2n) is 9.07. The van der Waals surface area contributed by atoms with Crippen LogP contribution in [0.4, 0.5) is 0 Å². The summed E-state index contributed by atoms with van der Waals surface area (Å²) in [6, 6.07) is 10.4. The largest absolute Gasteiger partial charge is 0.352 e. The number of nitrogens with one attached hydrogen (secondary N) is 1. The molecule has 2 unspecified atom stereocenters. The fourth-order valence-corrected chi connectivity index (χ4v) is 9.77. The van der Waals surface area contributed by atoms with Crippen LogP contribution in [0.15, 0.2) is 30.3 Å². The first-order valence-corrected chi connectivity index (χ1v) is 13.2. The van der Waals surface area contributed by atoms with Crippen molar-refractivity contribution in [3.63, 3.8) is 0 Å². The van der Waals surface area contributed by atoms with E-state index in [1.165, 1.54) is 29.9 Å². The van der Waals surface area contributed by atoms with Crippen LogP contribution in [0.2, 0.25) is 0 Å². The predicted octanol–water partition coefficient (Wildman–Crippen LogP) is 4.78. The van der Waals surface area contributed by atoms with E-state index in [0.29, 0.717) is 10.6 Å². The number of benzene rings is 1. The molecule has 1 aliphatic heterocycles. The molecule has 5 rings (SSSR count). The van der Waals surface area contributed by atoms with Gasteiger partial charge in [0.25, 0.3) is 0 Å². The van der Waals surface area contributed by atoms with Crippen molar-refractivity contribution < 1.29 is 4.79 Å². The van der Waals surface area contributed by atoms with Gasteiger partial charge in [0.05, 0.1) is 16.3 Å². The van der Waals surface area contributed by atoms with Crippen molar-refractivity contribution in [3.05, 3.63) is 52.8 Å². The molecule has 1 amide bonds. The van der Waals surface area contributed by atoms with Crippen LogP contribution >= 0.6 is 23.5 Å². The minimum Gasteiger partial charge on any atom is -0.352 e. The zero-order valence-electron chi connectivity index (χ0n) is 17.9. The van der Waals surface area contributed by atoms with Crippen LogP contribution in [-0.4, -0.2) is 31.3 Å². The van der Waals surface area contributed by atoms with E-state index < -0.39 is 0 Å². The molecule has 6 heteroatoms. The Kier molecular flexibility index (Phi) is 5.65. The molecule has 1 aromatic heterocycles. The van der Waals surface area contributed by atoms with Crippen LogP contribution in [0.5, 0.6) is 0 Å². The smallest absolute Gasteiger partial charge is 0.223 e. The molecule has 2 aliphatic carbocycles. The summed E-state index contributed by atoms with van der Waals surface area (Å²) in [6.45, 7) is 5.52. The number of aryl methyl sites for hydroxylation is 1. The van der Waals surface area contributed by atoms with Gasteiger partial charge in [0.2, 0.25) is 5.91 Å². The van der Waals surface area contributed by atoms with Gasteiger partial charge in [-0.05, 0) is 56.9 Å². The Morgan fingerprint density at radius 2 is 1.80 bits per heavy atom. The second-order valence-corrected chi connectivity index (χ2v) is 12.1. The van der Waals surface area contributed by atoms with Gasteiger partial charge in [0.1, 0.15) is 0 Å². The van der Waals surface area contributed by atoms with Gasteiger partial charge in [-0.15, -0.1) is 23.5 Å². The molecule has 0 radical (unpaired) electrons. The monoisotopic (exact) mass is 441 g/mol. The molecular weight excluding hydrogens is 410 g/mol. The molecule has 2 atom stereocenters. The van der Waals surface area contributed by atoms with Gasteiger partial charge < -0.3 is 5.32 Å². The molecule has 30 heavy (non-hydrogen) atoms. The average molecular weight is 442 g/mol. The standard InChI is InChI=1S/C24H31N3OS2/c1-16-22(17(2)27(26-16)15-18-6-4-3-5-7-18)14-25-23(28)19-12-20-8-9-21(13-19)24(20)29-10-11-30-24/h3-7,19-21H,8-15H2,1-2H3,(H,25,28). The number of carbonyl (C=O) groups is 1. The quantitative estimate of drug-likeness (QED) is 0.726. The lowest BCUT2D eigenvalue weighted by Gasteiger charge is -2.42. The van der Waals surface area contributed by atoms with Crippen LogP contribution < -0.4 is 5.32 Å². The number of hydrogen-bond donors (Lipinski definition) is 1. The first-order valence-electron chi connectivity index (χ1n) is 11.2. The van der Waals surface area contributed by atoms with Gasteiger partial charge in [-0.3, -0.25) is 9.48 Å². The van der Waals surface area contributed by atoms with Crippen LogP contribution in [-0.2, 0) is 17.9 Å². The second kappa shape index (κ2) is 8.27. The molecule has 2 bridgehead atoms. The highest BCUT2D eigenvalue weighted by atomic mass is 32.2. The molecule has 160 valence electrons. The van der Waals surface area contributed by atoms with E-state index in [2.05, 4.69) is 71.6 Å². The molecule has 3 fully saturated rings. The number of amides is 1. The van der Waals surface area contributed by atoms with Crippen molar-refractivity contribution in [1.29, 1.82) is 0 Å². The van der Waals surface area contributed by atoms with E-state index in [4.69, 9.17) is 5.10 Å². The van der Waals surface area contributed by atoms with Crippen molar-refractivity contribution in [2.24, 2.45) is 17.8 Å². The van der Waals surface area contributed by atoms with Crippen molar-refractivity contribution in [2.45, 2.75) is 56.7 Å². The van der Waals surface area contributed by atoms with Crippen molar-refractivity contribution >= 4 is 29.4 Å². The highest BCUT2D eigenvalue weighted by molar-refractivity contribution is 8.21. The maximum atomic E-state index is 13.1. The van der Waals surface area contributed by atoms with Crippen molar-refractivity contribution in [3.8, 4) is 0 Å². The molecule has 4 nitrogen and oxygen atoms in total. The molecule has 3 aliphatic rings. The number of hydrogen-bond acceptors (Lipinski definition) is 4.